The zero-order chi connectivity index (χ0) is 41.7. The van der Waals surface area contributed by atoms with E-state index in [4.69, 9.17) is 0 Å². The molecule has 0 atom stereocenters. The first kappa shape index (κ1) is 36.8. The molecule has 0 N–H and O–H groups in total. The number of hydrogen-bond acceptors (Lipinski definition) is 0. The molecule has 0 aliphatic rings. The minimum atomic E-state index is -2.97. The number of aromatic nitrogens is 2. The lowest BCUT2D eigenvalue weighted by Crippen LogP contribution is -2.74. The topological polar surface area (TPSA) is 9.86 Å². The van der Waals surface area contributed by atoms with Crippen LogP contribution >= 0.6 is 0 Å². The molecule has 63 heavy (non-hydrogen) atoms. The van der Waals surface area contributed by atoms with Gasteiger partial charge in [0.1, 0.15) is 0 Å². The fourth-order valence-corrected chi connectivity index (χ4v) is 15.4. The average Bonchev–Trinajstić information content (AvgIpc) is 3.89. The Labute approximate surface area is 368 Å². The maximum Gasteiger partial charge on any atom is 0.180 e. The first-order valence-corrected chi connectivity index (χ1v) is 23.8. The second kappa shape index (κ2) is 15.2. The van der Waals surface area contributed by atoms with Crippen LogP contribution < -0.4 is 20.7 Å². The monoisotopic (exact) mass is 818 g/mol. The minimum absolute atomic E-state index is 1.13. The summed E-state index contributed by atoms with van der Waals surface area (Å²) < 4.78 is 5.05. The zero-order valence-corrected chi connectivity index (χ0v) is 35.6. The van der Waals surface area contributed by atoms with Crippen LogP contribution in [0.1, 0.15) is 0 Å². The molecule has 2 nitrogen and oxygen atoms in total. The van der Waals surface area contributed by atoms with E-state index >= 15 is 0 Å². The van der Waals surface area contributed by atoms with Crippen LogP contribution in [-0.4, -0.2) is 17.2 Å². The molecular weight excluding hydrogens is 777 g/mol. The van der Waals surface area contributed by atoms with Crippen molar-refractivity contribution < 1.29 is 0 Å². The summed E-state index contributed by atoms with van der Waals surface area (Å²) in [6.07, 6.45) is 0. The van der Waals surface area contributed by atoms with Crippen LogP contribution in [0.15, 0.2) is 255 Å². The summed E-state index contributed by atoms with van der Waals surface area (Å²) in [5, 5.41) is 10.4. The Kier molecular flexibility index (Phi) is 8.87. The van der Waals surface area contributed by atoms with Crippen molar-refractivity contribution in [1.29, 1.82) is 0 Å². The van der Waals surface area contributed by atoms with Gasteiger partial charge in [-0.1, -0.05) is 212 Å². The van der Waals surface area contributed by atoms with Crippen molar-refractivity contribution in [3.05, 3.63) is 255 Å². The van der Waals surface area contributed by atoms with E-state index in [-0.39, 0.29) is 0 Å². The molecule has 0 saturated carbocycles. The maximum atomic E-state index is 2.56. The molecule has 0 unspecified atom stereocenters. The molecule has 0 saturated heterocycles. The van der Waals surface area contributed by atoms with Crippen molar-refractivity contribution in [2.45, 2.75) is 0 Å². The van der Waals surface area contributed by atoms with Crippen LogP contribution in [0.25, 0.3) is 77.2 Å². The number of hydrogen-bond donors (Lipinski definition) is 0. The lowest BCUT2D eigenvalue weighted by molar-refractivity contribution is 1.13. The molecule has 2 aromatic heterocycles. The second-order valence-corrected chi connectivity index (χ2v) is 20.2. The Hall–Kier alpha value is -7.98. The maximum absolute atomic E-state index is 2.97. The standard InChI is InChI=1S/C60H42N2Si/c1-6-21-43(22-7-1)45-25-18-26-47(41-45)61-54-35-17-16-33-51(54)52-34-19-37-57(60(52)61)62-55-40-39-46(44-23-8-2-9-24-44)42-53(55)59-56(62)36-20-38-58(59)63(48-27-10-3-11-28-48,49-29-12-4-13-30-49)50-31-14-5-15-32-50/h1-42H. The van der Waals surface area contributed by atoms with Gasteiger partial charge in [-0.15, -0.1) is 0 Å². The Morgan fingerprint density at radius 3 is 1.40 bits per heavy atom. The molecule has 0 bridgehead atoms. The minimum Gasteiger partial charge on any atom is -0.307 e. The molecule has 0 amide bonds. The van der Waals surface area contributed by atoms with Gasteiger partial charge in [0.2, 0.25) is 0 Å². The van der Waals surface area contributed by atoms with Crippen LogP contribution in [0.3, 0.4) is 0 Å². The fraction of sp³-hybridized carbons (Fsp3) is 0. The smallest absolute Gasteiger partial charge is 0.180 e. The lowest BCUT2D eigenvalue weighted by Gasteiger charge is -2.35. The molecule has 2 heterocycles. The third-order valence-electron chi connectivity index (χ3n) is 13.0. The molecule has 12 aromatic rings. The Bertz CT molecular complexity index is 3500. The largest absolute Gasteiger partial charge is 0.307 e. The van der Waals surface area contributed by atoms with Gasteiger partial charge in [0, 0.05) is 27.2 Å². The van der Waals surface area contributed by atoms with Crippen LogP contribution in [0, 0.1) is 0 Å². The van der Waals surface area contributed by atoms with E-state index in [2.05, 4.69) is 264 Å². The first-order valence-electron chi connectivity index (χ1n) is 21.8. The molecule has 0 aliphatic carbocycles. The van der Waals surface area contributed by atoms with Crippen molar-refractivity contribution in [2.75, 3.05) is 0 Å². The summed E-state index contributed by atoms with van der Waals surface area (Å²) in [6.45, 7) is 0. The number of rotatable bonds is 8. The molecule has 0 fully saturated rings. The van der Waals surface area contributed by atoms with E-state index in [9.17, 15) is 0 Å². The van der Waals surface area contributed by atoms with Crippen molar-refractivity contribution in [3.63, 3.8) is 0 Å². The number of nitrogens with zero attached hydrogens (tertiary/aromatic N) is 2. The second-order valence-electron chi connectivity index (χ2n) is 16.4. The first-order chi connectivity index (χ1) is 31.3. The SMILES string of the molecule is c1ccc(-c2cccc(-n3c4ccccc4c4cccc(-n5c6ccc(-c7ccccc7)cc6c6c([Si](c7ccccc7)(c7ccccc7)c7ccccc7)cccc65)c43)c2)cc1. The van der Waals surface area contributed by atoms with Gasteiger partial charge >= 0.3 is 0 Å². The normalized spacial score (nSPS) is 11.8. The van der Waals surface area contributed by atoms with Crippen molar-refractivity contribution >= 4 is 72.4 Å². The highest BCUT2D eigenvalue weighted by Gasteiger charge is 2.43. The van der Waals surface area contributed by atoms with Crippen LogP contribution in [-0.2, 0) is 0 Å². The van der Waals surface area contributed by atoms with E-state index in [1.165, 1.54) is 86.6 Å². The average molecular weight is 819 g/mol. The lowest BCUT2D eigenvalue weighted by atomic mass is 10.0. The third kappa shape index (κ3) is 5.85. The third-order valence-corrected chi connectivity index (χ3v) is 17.9. The molecule has 0 aliphatic heterocycles. The molecule has 3 heteroatoms. The highest BCUT2D eigenvalue weighted by Crippen LogP contribution is 2.41. The highest BCUT2D eigenvalue weighted by atomic mass is 28.3. The van der Waals surface area contributed by atoms with E-state index in [0.29, 0.717) is 0 Å². The Morgan fingerprint density at radius 2 is 0.762 bits per heavy atom. The van der Waals surface area contributed by atoms with Gasteiger partial charge in [-0.3, -0.25) is 0 Å². The van der Waals surface area contributed by atoms with Crippen LogP contribution in [0.5, 0.6) is 0 Å². The highest BCUT2D eigenvalue weighted by molar-refractivity contribution is 7.20. The molecule has 0 spiro atoms. The Morgan fingerprint density at radius 1 is 0.286 bits per heavy atom. The predicted molar refractivity (Wildman–Crippen MR) is 270 cm³/mol. The van der Waals surface area contributed by atoms with E-state index < -0.39 is 8.07 Å². The van der Waals surface area contributed by atoms with Crippen molar-refractivity contribution in [1.82, 2.24) is 9.13 Å². The zero-order valence-electron chi connectivity index (χ0n) is 34.6. The van der Waals surface area contributed by atoms with Crippen molar-refractivity contribution in [3.8, 4) is 33.6 Å². The summed E-state index contributed by atoms with van der Waals surface area (Å²) in [5.74, 6) is 0. The van der Waals surface area contributed by atoms with Gasteiger partial charge in [-0.2, -0.15) is 0 Å². The van der Waals surface area contributed by atoms with Gasteiger partial charge in [0.25, 0.3) is 0 Å². The van der Waals surface area contributed by atoms with Crippen molar-refractivity contribution in [2.24, 2.45) is 0 Å². The summed E-state index contributed by atoms with van der Waals surface area (Å²) in [7, 11) is -2.97. The Balaban J connectivity index is 1.24. The number of para-hydroxylation sites is 2. The molecule has 296 valence electrons. The molecule has 12 rings (SSSR count). The van der Waals surface area contributed by atoms with Crippen LogP contribution in [0.2, 0.25) is 0 Å². The summed E-state index contributed by atoms with van der Waals surface area (Å²) in [4.78, 5) is 0. The summed E-state index contributed by atoms with van der Waals surface area (Å²) >= 11 is 0. The van der Waals surface area contributed by atoms with Gasteiger partial charge in [-0.05, 0) is 85.5 Å². The van der Waals surface area contributed by atoms with Gasteiger partial charge in [0.15, 0.2) is 8.07 Å². The van der Waals surface area contributed by atoms with Gasteiger partial charge in [0.05, 0.1) is 27.8 Å². The molecule has 10 aromatic carbocycles. The van der Waals surface area contributed by atoms with Gasteiger partial charge in [-0.25, -0.2) is 0 Å². The van der Waals surface area contributed by atoms with Crippen LogP contribution in [0.4, 0.5) is 0 Å². The summed E-state index contributed by atoms with van der Waals surface area (Å²) in [6, 6.07) is 94.4. The number of benzene rings is 10. The number of fused-ring (bicyclic) bond motifs is 6. The summed E-state index contributed by atoms with van der Waals surface area (Å²) in [5.41, 5.74) is 11.8. The quantitative estimate of drug-likeness (QED) is 0.107. The molecule has 0 radical (unpaired) electrons. The van der Waals surface area contributed by atoms with Gasteiger partial charge < -0.3 is 9.13 Å². The molecular formula is C60H42N2Si. The van der Waals surface area contributed by atoms with E-state index in [1.807, 2.05) is 0 Å². The fourth-order valence-electron chi connectivity index (χ4n) is 10.4. The predicted octanol–water partition coefficient (Wildman–Crippen LogP) is 12.6. The van der Waals surface area contributed by atoms with E-state index in [0.717, 1.165) is 11.4 Å². The van der Waals surface area contributed by atoms with E-state index in [1.54, 1.807) is 0 Å².